The Morgan fingerprint density at radius 2 is 2.00 bits per heavy atom. The number of carbonyl (C=O) groups is 1. The highest BCUT2D eigenvalue weighted by molar-refractivity contribution is 5.91. The van der Waals surface area contributed by atoms with Gasteiger partial charge in [-0.25, -0.2) is 4.98 Å². The number of fused-ring (bicyclic) bond motifs is 1. The minimum absolute atomic E-state index is 0.0998. The molecule has 1 N–H and O–H groups in total. The van der Waals surface area contributed by atoms with Crippen LogP contribution in [0.1, 0.15) is 21.9 Å². The van der Waals surface area contributed by atoms with Crippen molar-refractivity contribution in [2.75, 3.05) is 13.9 Å². The van der Waals surface area contributed by atoms with Crippen LogP contribution in [0.3, 0.4) is 0 Å². The number of ether oxygens (including phenoxy) is 4. The first-order valence-corrected chi connectivity index (χ1v) is 8.59. The van der Waals surface area contributed by atoms with Gasteiger partial charge in [-0.1, -0.05) is 12.1 Å². The Morgan fingerprint density at radius 3 is 2.89 bits per heavy atom. The summed E-state index contributed by atoms with van der Waals surface area (Å²) in [6.07, 6.45) is 1.30. The zero-order valence-electron chi connectivity index (χ0n) is 15.1. The van der Waals surface area contributed by atoms with E-state index in [9.17, 15) is 4.79 Å². The van der Waals surface area contributed by atoms with Gasteiger partial charge in [0, 0.05) is 12.6 Å². The molecular weight excluding hydrogens is 364 g/mol. The Kier molecular flexibility index (Phi) is 5.01. The number of amides is 1. The molecule has 8 heteroatoms. The molecule has 0 aliphatic carbocycles. The number of rotatable bonds is 7. The maximum atomic E-state index is 12.3. The van der Waals surface area contributed by atoms with Crippen LogP contribution in [0.2, 0.25) is 0 Å². The Morgan fingerprint density at radius 1 is 1.14 bits per heavy atom. The van der Waals surface area contributed by atoms with Gasteiger partial charge in [0.25, 0.3) is 5.91 Å². The SMILES string of the molecule is COc1cccc(OCc2nc(C(=O)NCc3ccc4c(c3)OCO4)co2)c1. The number of hydrogen-bond donors (Lipinski definition) is 1. The first-order valence-electron chi connectivity index (χ1n) is 8.59. The molecule has 1 amide bonds. The molecule has 0 saturated carbocycles. The lowest BCUT2D eigenvalue weighted by molar-refractivity contribution is 0.0945. The molecule has 0 atom stereocenters. The molecule has 2 heterocycles. The van der Waals surface area contributed by atoms with E-state index in [4.69, 9.17) is 23.4 Å². The fraction of sp³-hybridized carbons (Fsp3) is 0.200. The van der Waals surface area contributed by atoms with E-state index < -0.39 is 0 Å². The number of nitrogens with zero attached hydrogens (tertiary/aromatic N) is 1. The van der Waals surface area contributed by atoms with Gasteiger partial charge in [0.05, 0.1) is 7.11 Å². The van der Waals surface area contributed by atoms with Crippen LogP contribution in [0.15, 0.2) is 53.1 Å². The van der Waals surface area contributed by atoms with Gasteiger partial charge in [-0.15, -0.1) is 0 Å². The van der Waals surface area contributed by atoms with Crippen molar-refractivity contribution >= 4 is 5.91 Å². The van der Waals surface area contributed by atoms with E-state index in [0.29, 0.717) is 35.4 Å². The fourth-order valence-electron chi connectivity index (χ4n) is 2.64. The van der Waals surface area contributed by atoms with Gasteiger partial charge >= 0.3 is 0 Å². The molecule has 8 nitrogen and oxygen atoms in total. The average molecular weight is 382 g/mol. The highest BCUT2D eigenvalue weighted by atomic mass is 16.7. The van der Waals surface area contributed by atoms with Gasteiger partial charge in [0.2, 0.25) is 12.7 Å². The van der Waals surface area contributed by atoms with Crippen molar-refractivity contribution in [1.82, 2.24) is 10.3 Å². The van der Waals surface area contributed by atoms with Crippen molar-refractivity contribution in [1.29, 1.82) is 0 Å². The highest BCUT2D eigenvalue weighted by Crippen LogP contribution is 2.32. The summed E-state index contributed by atoms with van der Waals surface area (Å²) in [6, 6.07) is 12.7. The molecule has 0 radical (unpaired) electrons. The molecule has 0 fully saturated rings. The third kappa shape index (κ3) is 4.01. The van der Waals surface area contributed by atoms with E-state index in [1.165, 1.54) is 6.26 Å². The summed E-state index contributed by atoms with van der Waals surface area (Å²) in [5.41, 5.74) is 1.08. The molecule has 3 aromatic rings. The summed E-state index contributed by atoms with van der Waals surface area (Å²) in [5.74, 6) is 2.64. The molecule has 4 rings (SSSR count). The predicted octanol–water partition coefficient (Wildman–Crippen LogP) is 2.92. The van der Waals surface area contributed by atoms with Gasteiger partial charge in [-0.2, -0.15) is 0 Å². The van der Waals surface area contributed by atoms with Crippen LogP contribution < -0.4 is 24.3 Å². The number of aromatic nitrogens is 1. The quantitative estimate of drug-likeness (QED) is 0.672. The number of hydrogen-bond acceptors (Lipinski definition) is 7. The lowest BCUT2D eigenvalue weighted by Gasteiger charge is -2.05. The molecule has 1 aromatic heterocycles. The van der Waals surface area contributed by atoms with Crippen LogP contribution in [0, 0.1) is 0 Å². The van der Waals surface area contributed by atoms with Gasteiger partial charge < -0.3 is 28.7 Å². The Bertz CT molecular complexity index is 984. The second-order valence-corrected chi connectivity index (χ2v) is 5.96. The van der Waals surface area contributed by atoms with Crippen LogP contribution in [-0.2, 0) is 13.2 Å². The molecule has 2 aromatic carbocycles. The maximum Gasteiger partial charge on any atom is 0.273 e. The Balaban J connectivity index is 1.31. The van der Waals surface area contributed by atoms with E-state index in [1.807, 2.05) is 30.3 Å². The third-order valence-electron chi connectivity index (χ3n) is 4.08. The zero-order chi connectivity index (χ0) is 19.3. The van der Waals surface area contributed by atoms with Crippen LogP contribution in [0.5, 0.6) is 23.0 Å². The van der Waals surface area contributed by atoms with Crippen LogP contribution >= 0.6 is 0 Å². The number of carbonyl (C=O) groups excluding carboxylic acids is 1. The third-order valence-corrected chi connectivity index (χ3v) is 4.08. The van der Waals surface area contributed by atoms with Gasteiger partial charge in [-0.3, -0.25) is 4.79 Å². The second-order valence-electron chi connectivity index (χ2n) is 5.96. The van der Waals surface area contributed by atoms with Crippen molar-refractivity contribution in [3.8, 4) is 23.0 Å². The molecule has 0 unspecified atom stereocenters. The van der Waals surface area contributed by atoms with Crippen molar-refractivity contribution in [2.45, 2.75) is 13.2 Å². The Hall–Kier alpha value is -3.68. The lowest BCUT2D eigenvalue weighted by Crippen LogP contribution is -2.23. The summed E-state index contributed by atoms with van der Waals surface area (Å²) in [5, 5.41) is 2.79. The van der Waals surface area contributed by atoms with Crippen molar-refractivity contribution in [3.05, 3.63) is 65.9 Å². The largest absolute Gasteiger partial charge is 0.497 e. The number of nitrogens with one attached hydrogen (secondary N) is 1. The number of methoxy groups -OCH3 is 1. The van der Waals surface area contributed by atoms with E-state index in [-0.39, 0.29) is 25.0 Å². The lowest BCUT2D eigenvalue weighted by atomic mass is 10.2. The predicted molar refractivity (Wildman–Crippen MR) is 97.6 cm³/mol. The molecule has 1 aliphatic rings. The molecule has 144 valence electrons. The molecule has 0 saturated heterocycles. The summed E-state index contributed by atoms with van der Waals surface area (Å²) in [4.78, 5) is 16.4. The van der Waals surface area contributed by atoms with Gasteiger partial charge in [-0.05, 0) is 29.8 Å². The summed E-state index contributed by atoms with van der Waals surface area (Å²) in [7, 11) is 1.58. The number of benzene rings is 2. The van der Waals surface area contributed by atoms with Crippen molar-refractivity contribution in [2.24, 2.45) is 0 Å². The summed E-state index contributed by atoms with van der Waals surface area (Å²) >= 11 is 0. The van der Waals surface area contributed by atoms with Gasteiger partial charge in [0.15, 0.2) is 23.8 Å². The van der Waals surface area contributed by atoms with Crippen LogP contribution in [0.4, 0.5) is 0 Å². The summed E-state index contributed by atoms with van der Waals surface area (Å²) in [6.45, 7) is 0.644. The van der Waals surface area contributed by atoms with Crippen molar-refractivity contribution in [3.63, 3.8) is 0 Å². The minimum Gasteiger partial charge on any atom is -0.497 e. The topological polar surface area (TPSA) is 92.1 Å². The van der Waals surface area contributed by atoms with Crippen molar-refractivity contribution < 1.29 is 28.2 Å². The van der Waals surface area contributed by atoms with Crippen LogP contribution in [-0.4, -0.2) is 24.8 Å². The maximum absolute atomic E-state index is 12.3. The van der Waals surface area contributed by atoms with E-state index >= 15 is 0 Å². The molecular formula is C20H18N2O6. The molecule has 0 bridgehead atoms. The molecule has 0 spiro atoms. The fourth-order valence-corrected chi connectivity index (χ4v) is 2.64. The second kappa shape index (κ2) is 7.91. The standard InChI is InChI=1S/C20H18N2O6/c1-24-14-3-2-4-15(8-14)25-11-19-22-16(10-26-19)20(23)21-9-13-5-6-17-18(7-13)28-12-27-17/h2-8,10H,9,11-12H2,1H3,(H,21,23). The van der Waals surface area contributed by atoms with Gasteiger partial charge in [0.1, 0.15) is 17.8 Å². The molecule has 28 heavy (non-hydrogen) atoms. The minimum atomic E-state index is -0.339. The normalized spacial score (nSPS) is 11.9. The average Bonchev–Trinajstić information content (AvgIpc) is 3.39. The van der Waals surface area contributed by atoms with E-state index in [2.05, 4.69) is 10.3 Å². The Labute approximate surface area is 161 Å². The number of oxazole rings is 1. The smallest absolute Gasteiger partial charge is 0.273 e. The van der Waals surface area contributed by atoms with Crippen LogP contribution in [0.25, 0.3) is 0 Å². The first-order chi connectivity index (χ1) is 13.7. The van der Waals surface area contributed by atoms with E-state index in [0.717, 1.165) is 5.56 Å². The monoisotopic (exact) mass is 382 g/mol. The highest BCUT2D eigenvalue weighted by Gasteiger charge is 2.15. The first kappa shape index (κ1) is 17.7. The van der Waals surface area contributed by atoms with E-state index in [1.54, 1.807) is 19.2 Å². The zero-order valence-corrected chi connectivity index (χ0v) is 15.1. The summed E-state index contributed by atoms with van der Waals surface area (Å²) < 4.78 is 26.7. The molecule has 1 aliphatic heterocycles.